The molecule has 1 saturated heterocycles. The highest BCUT2D eigenvalue weighted by Crippen LogP contribution is 2.40. The summed E-state index contributed by atoms with van der Waals surface area (Å²) in [6.45, 7) is 3.32. The van der Waals surface area contributed by atoms with Gasteiger partial charge >= 0.3 is 6.18 Å². The van der Waals surface area contributed by atoms with Gasteiger partial charge in [0.15, 0.2) is 5.13 Å². The number of halogens is 4. The normalized spacial score (nSPS) is 17.6. The number of methoxy groups -OCH3 is 1. The lowest BCUT2D eigenvalue weighted by Gasteiger charge is -2.39. The van der Waals surface area contributed by atoms with Crippen molar-refractivity contribution >= 4 is 45.8 Å². The van der Waals surface area contributed by atoms with Gasteiger partial charge in [0.05, 0.1) is 22.0 Å². The summed E-state index contributed by atoms with van der Waals surface area (Å²) in [4.78, 5) is 20.7. The molecular weight excluding hydrogens is 567 g/mol. The quantitative estimate of drug-likeness (QED) is 0.473. The number of thiazole rings is 1. The predicted octanol–water partition coefficient (Wildman–Crippen LogP) is 3.61. The monoisotopic (exact) mass is 591 g/mol. The molecule has 13 heteroatoms. The molecular formula is C27H25ClF3N5O3S. The second-order valence-corrected chi connectivity index (χ2v) is 11.0. The highest BCUT2D eigenvalue weighted by atomic mass is 35.5. The Labute approximate surface area is 236 Å². The van der Waals surface area contributed by atoms with E-state index >= 15 is 0 Å². The van der Waals surface area contributed by atoms with Crippen LogP contribution >= 0.6 is 22.9 Å². The number of amides is 1. The van der Waals surface area contributed by atoms with Crippen LogP contribution in [0.5, 0.6) is 5.88 Å². The molecule has 5 rings (SSSR count). The van der Waals surface area contributed by atoms with Gasteiger partial charge in [-0.3, -0.25) is 4.79 Å². The summed E-state index contributed by atoms with van der Waals surface area (Å²) in [6, 6.07) is 8.84. The highest BCUT2D eigenvalue weighted by Gasteiger charge is 2.35. The van der Waals surface area contributed by atoms with E-state index < -0.39 is 11.7 Å². The molecule has 0 aliphatic carbocycles. The molecule has 1 N–H and O–H groups in total. The van der Waals surface area contributed by atoms with Crippen LogP contribution in [0, 0.1) is 0 Å². The van der Waals surface area contributed by atoms with Gasteiger partial charge in [-0.25, -0.2) is 0 Å². The maximum atomic E-state index is 14.0. The lowest BCUT2D eigenvalue weighted by molar-refractivity contribution is -0.138. The fourth-order valence-electron chi connectivity index (χ4n) is 4.86. The van der Waals surface area contributed by atoms with Crippen LogP contribution in [0.25, 0.3) is 5.57 Å². The first kappa shape index (κ1) is 28.1. The fraction of sp³-hybridized carbons (Fsp3) is 0.333. The number of nitrogens with zero attached hydrogens (tertiary/aromatic N) is 5. The number of alkyl halides is 3. The average molecular weight is 592 g/mol. The van der Waals surface area contributed by atoms with E-state index in [0.29, 0.717) is 45.8 Å². The molecule has 1 amide bonds. The summed E-state index contributed by atoms with van der Waals surface area (Å²) in [5, 5.41) is 20.7. The van der Waals surface area contributed by atoms with Crippen LogP contribution < -0.4 is 15.5 Å². The van der Waals surface area contributed by atoms with Crippen LogP contribution in [0.1, 0.15) is 28.5 Å². The maximum Gasteiger partial charge on any atom is 0.416 e. The van der Waals surface area contributed by atoms with E-state index in [1.807, 2.05) is 11.8 Å². The van der Waals surface area contributed by atoms with Crippen molar-refractivity contribution in [2.75, 3.05) is 38.3 Å². The van der Waals surface area contributed by atoms with Crippen LogP contribution in [0.3, 0.4) is 0 Å². The standard InChI is InChI=1S/C27H25ClF3N5O3S/c1-15-13-35(23(37)14-39-2)7-8-36(15)26-33-25(38)24(40-26)20(16-4-6-22-18(9-16)12-32-34-22)10-17-3-5-19(28)11-21(17)27(29,30)31/h3-6,9,11-12,15,38H,7-8,10,13-14H2,1-2H3/t15-/m1/s1. The number of ether oxygens (including phenoxy) is 1. The topological polar surface area (TPSA) is 90.6 Å². The van der Waals surface area contributed by atoms with Gasteiger partial charge in [-0.2, -0.15) is 28.4 Å². The Morgan fingerprint density at radius 3 is 2.75 bits per heavy atom. The van der Waals surface area contributed by atoms with Crippen LogP contribution in [-0.4, -0.2) is 66.5 Å². The number of benzene rings is 2. The molecule has 1 aromatic heterocycles. The zero-order valence-electron chi connectivity index (χ0n) is 21.6. The van der Waals surface area contributed by atoms with Crippen LogP contribution in [-0.2, 0) is 22.1 Å². The number of rotatable bonds is 6. The molecule has 3 aromatic rings. The third-order valence-corrected chi connectivity index (χ3v) is 8.23. The molecule has 210 valence electrons. The molecule has 0 unspecified atom stereocenters. The van der Waals surface area contributed by atoms with Gasteiger partial charge in [0.2, 0.25) is 11.8 Å². The van der Waals surface area contributed by atoms with Gasteiger partial charge in [-0.1, -0.05) is 35.1 Å². The second kappa shape index (κ2) is 11.2. The van der Waals surface area contributed by atoms with Crippen LogP contribution in [0.15, 0.2) is 46.6 Å². The number of aromatic hydroxyl groups is 1. The summed E-state index contributed by atoms with van der Waals surface area (Å²) in [5.74, 6) is -0.385. The van der Waals surface area contributed by atoms with Gasteiger partial charge in [0, 0.05) is 49.8 Å². The van der Waals surface area contributed by atoms with Gasteiger partial charge < -0.3 is 19.6 Å². The number of carbonyl (C=O) groups excluding carboxylic acids is 1. The third kappa shape index (κ3) is 5.70. The zero-order chi connectivity index (χ0) is 28.6. The smallest absolute Gasteiger partial charge is 0.416 e. The van der Waals surface area contributed by atoms with E-state index in [0.717, 1.165) is 11.6 Å². The number of hydrogen-bond donors (Lipinski definition) is 1. The van der Waals surface area contributed by atoms with Crippen molar-refractivity contribution in [3.05, 3.63) is 73.6 Å². The zero-order valence-corrected chi connectivity index (χ0v) is 23.1. The lowest BCUT2D eigenvalue weighted by atomic mass is 9.96. The Balaban J connectivity index is 1.57. The summed E-state index contributed by atoms with van der Waals surface area (Å²) < 4.78 is 46.9. The Morgan fingerprint density at radius 1 is 1.23 bits per heavy atom. The third-order valence-electron chi connectivity index (χ3n) is 6.85. The van der Waals surface area contributed by atoms with Crippen molar-refractivity contribution in [2.24, 2.45) is 10.2 Å². The fourth-order valence-corrected chi connectivity index (χ4v) is 6.19. The minimum absolute atomic E-state index is 0.00337. The maximum absolute atomic E-state index is 14.0. The Bertz CT molecular complexity index is 1610. The number of hydrogen-bond acceptors (Lipinski definition) is 8. The largest absolute Gasteiger partial charge is 0.492 e. The summed E-state index contributed by atoms with van der Waals surface area (Å²) in [7, 11) is 1.47. The number of fused-ring (bicyclic) bond motifs is 1. The molecule has 8 nitrogen and oxygen atoms in total. The van der Waals surface area contributed by atoms with E-state index in [2.05, 4.69) is 15.2 Å². The van der Waals surface area contributed by atoms with Gasteiger partial charge in [-0.05, 0) is 47.5 Å². The molecule has 0 bridgehead atoms. The van der Waals surface area contributed by atoms with Crippen molar-refractivity contribution in [3.8, 4) is 5.88 Å². The van der Waals surface area contributed by atoms with Crippen molar-refractivity contribution in [3.63, 3.8) is 0 Å². The summed E-state index contributed by atoms with van der Waals surface area (Å²) >= 11 is 7.11. The van der Waals surface area contributed by atoms with Crippen molar-refractivity contribution in [1.29, 1.82) is 0 Å². The van der Waals surface area contributed by atoms with Gasteiger partial charge in [0.25, 0.3) is 0 Å². The van der Waals surface area contributed by atoms with E-state index in [4.69, 9.17) is 16.3 Å². The SMILES string of the molecule is COCC(=O)N1CCN(c2nc(O)c(C(Cc3ccc(Cl)cc3C(F)(F)F)=c3ccc4c(c3)C=NN=4)s2)[C@H](C)C1. The predicted molar refractivity (Wildman–Crippen MR) is 147 cm³/mol. The van der Waals surface area contributed by atoms with E-state index in [1.165, 1.54) is 30.6 Å². The molecule has 2 aliphatic heterocycles. The molecule has 0 radical (unpaired) electrons. The van der Waals surface area contributed by atoms with Crippen molar-refractivity contribution in [2.45, 2.75) is 25.6 Å². The Morgan fingerprint density at radius 2 is 2.02 bits per heavy atom. The van der Waals surface area contributed by atoms with Crippen LogP contribution in [0.4, 0.5) is 18.3 Å². The minimum atomic E-state index is -4.62. The van der Waals surface area contributed by atoms with Gasteiger partial charge in [-0.15, -0.1) is 0 Å². The molecule has 1 atom stereocenters. The molecule has 0 saturated carbocycles. The Hall–Kier alpha value is -3.48. The van der Waals surface area contributed by atoms with E-state index in [-0.39, 0.29) is 41.4 Å². The number of piperazine rings is 1. The van der Waals surface area contributed by atoms with Crippen molar-refractivity contribution < 1.29 is 27.8 Å². The Kier molecular flexibility index (Phi) is 7.85. The number of carbonyl (C=O) groups is 1. The first-order chi connectivity index (χ1) is 19.0. The lowest BCUT2D eigenvalue weighted by Crippen LogP contribution is -2.54. The minimum Gasteiger partial charge on any atom is -0.492 e. The molecule has 2 aromatic carbocycles. The summed E-state index contributed by atoms with van der Waals surface area (Å²) in [6.07, 6.45) is -3.18. The molecule has 40 heavy (non-hydrogen) atoms. The highest BCUT2D eigenvalue weighted by molar-refractivity contribution is 7.17. The van der Waals surface area contributed by atoms with E-state index in [9.17, 15) is 23.1 Å². The second-order valence-electron chi connectivity index (χ2n) is 9.54. The van der Waals surface area contributed by atoms with Gasteiger partial charge in [0.1, 0.15) is 6.61 Å². The van der Waals surface area contributed by atoms with Crippen molar-refractivity contribution in [1.82, 2.24) is 9.88 Å². The first-order valence-corrected chi connectivity index (χ1v) is 13.6. The average Bonchev–Trinajstić information content (AvgIpc) is 3.53. The van der Waals surface area contributed by atoms with E-state index in [1.54, 1.807) is 29.3 Å². The van der Waals surface area contributed by atoms with Crippen LogP contribution in [0.2, 0.25) is 5.02 Å². The molecule has 2 aliphatic rings. The number of anilines is 1. The molecule has 3 heterocycles. The molecule has 0 spiro atoms. The summed E-state index contributed by atoms with van der Waals surface area (Å²) in [5.41, 5.74) is 0.360. The number of aromatic nitrogens is 1. The molecule has 1 fully saturated rings. The first-order valence-electron chi connectivity index (χ1n) is 12.4.